The highest BCUT2D eigenvalue weighted by Gasteiger charge is 2.53. The third-order valence-corrected chi connectivity index (χ3v) is 15.5. The zero-order valence-electron chi connectivity index (χ0n) is 52.7. The van der Waals surface area contributed by atoms with Gasteiger partial charge in [-0.2, -0.15) is 58.1 Å². The molecule has 6 aromatic rings. The second-order valence-corrected chi connectivity index (χ2v) is 25.6. The quantitative estimate of drug-likeness (QED) is 0.0539. The van der Waals surface area contributed by atoms with Crippen molar-refractivity contribution in [1.29, 1.82) is 0 Å². The number of ether oxygens (including phenoxy) is 6. The van der Waals surface area contributed by atoms with Gasteiger partial charge in [0.1, 0.15) is 17.0 Å². The normalized spacial score (nSPS) is 17.9. The lowest BCUT2D eigenvalue weighted by molar-refractivity contribution is -0.143. The molecule has 1 saturated heterocycles. The van der Waals surface area contributed by atoms with Gasteiger partial charge < -0.3 is 51.7 Å². The van der Waals surface area contributed by atoms with Crippen LogP contribution in [0.4, 0.5) is 49.1 Å². The molecular formula is C59H70BF9N8O13S. The van der Waals surface area contributed by atoms with Gasteiger partial charge in [-0.25, -0.2) is 28.6 Å². The molecule has 91 heavy (non-hydrogen) atoms. The molecular weight excluding hydrogens is 1240 g/mol. The Bertz CT molecular complexity index is 3840. The van der Waals surface area contributed by atoms with E-state index in [-0.39, 0.29) is 53.0 Å². The number of halogens is 9. The van der Waals surface area contributed by atoms with Gasteiger partial charge in [-0.05, 0) is 150 Å². The second kappa shape index (κ2) is 25.9. The average molecular weight is 1310 g/mol. The second-order valence-electron chi connectivity index (χ2n) is 24.1. The van der Waals surface area contributed by atoms with Crippen molar-refractivity contribution < 1.29 is 99.4 Å². The molecule has 0 aliphatic carbocycles. The topological polar surface area (TPSA) is 218 Å². The Hall–Kier alpha value is -8.00. The molecule has 1 fully saturated rings. The first-order valence-electron chi connectivity index (χ1n) is 28.1. The lowest BCUT2D eigenvalue weighted by atomic mass is 9.85. The summed E-state index contributed by atoms with van der Waals surface area (Å²) in [7, 11) is -0.742. The first kappa shape index (κ1) is 70.5. The maximum atomic E-state index is 14.1. The van der Waals surface area contributed by atoms with Gasteiger partial charge in [-0.3, -0.25) is 0 Å². The van der Waals surface area contributed by atoms with E-state index < -0.39 is 87.1 Å². The molecule has 7 heterocycles. The minimum Gasteiger partial charge on any atom is -0.493 e. The van der Waals surface area contributed by atoms with Crippen molar-refractivity contribution in [3.8, 4) is 45.5 Å². The van der Waals surface area contributed by atoms with Crippen LogP contribution in [0.3, 0.4) is 0 Å². The first-order valence-corrected chi connectivity index (χ1v) is 29.5. The van der Waals surface area contributed by atoms with E-state index in [0.29, 0.717) is 52.8 Å². The number of alkyl halides is 9. The van der Waals surface area contributed by atoms with Crippen molar-refractivity contribution >= 4 is 51.9 Å². The fourth-order valence-electron chi connectivity index (χ4n) is 9.29. The van der Waals surface area contributed by atoms with Crippen LogP contribution in [0.5, 0.6) is 23.0 Å². The Balaban J connectivity index is 0.000000200. The third-order valence-electron chi connectivity index (χ3n) is 14.5. The van der Waals surface area contributed by atoms with E-state index in [1.165, 1.54) is 45.5 Å². The summed E-state index contributed by atoms with van der Waals surface area (Å²) in [6, 6.07) is 13.6. The monoisotopic (exact) mass is 1310 g/mol. The Morgan fingerprint density at radius 1 is 0.615 bits per heavy atom. The molecule has 32 heteroatoms. The largest absolute Gasteiger partial charge is 0.534 e. The van der Waals surface area contributed by atoms with Crippen LogP contribution in [0.15, 0.2) is 78.6 Å². The van der Waals surface area contributed by atoms with Crippen LogP contribution in [-0.2, 0) is 45.4 Å². The van der Waals surface area contributed by atoms with E-state index in [0.717, 1.165) is 32.8 Å². The van der Waals surface area contributed by atoms with Crippen LogP contribution in [0, 0.1) is 0 Å². The zero-order chi connectivity index (χ0) is 67.9. The molecule has 2 unspecified atom stereocenters. The van der Waals surface area contributed by atoms with E-state index >= 15 is 0 Å². The minimum absolute atomic E-state index is 0.0225. The van der Waals surface area contributed by atoms with Crippen molar-refractivity contribution in [3.63, 3.8) is 0 Å². The van der Waals surface area contributed by atoms with Crippen LogP contribution in [0.25, 0.3) is 39.4 Å². The Labute approximate surface area is 519 Å². The Kier molecular flexibility index (Phi) is 20.1. The first-order chi connectivity index (χ1) is 41.9. The Morgan fingerprint density at radius 3 is 1.48 bits per heavy atom. The maximum absolute atomic E-state index is 14.1. The van der Waals surface area contributed by atoms with E-state index in [4.69, 9.17) is 37.7 Å². The van der Waals surface area contributed by atoms with Crippen molar-refractivity contribution in [2.24, 2.45) is 0 Å². The van der Waals surface area contributed by atoms with Crippen molar-refractivity contribution in [3.05, 3.63) is 95.7 Å². The molecule has 2 atom stereocenters. The number of methoxy groups -OCH3 is 4. The Morgan fingerprint density at radius 2 is 1.07 bits per heavy atom. The predicted molar refractivity (Wildman–Crippen MR) is 315 cm³/mol. The fourth-order valence-corrected chi connectivity index (χ4v) is 9.80. The number of benzene rings is 2. The molecule has 2 amide bonds. The summed E-state index contributed by atoms with van der Waals surface area (Å²) in [4.78, 5) is 36.2. The standard InChI is InChI=1S/C26H29F3N4O4.C21H23BF3N3O4.C12H18F3NO5S/c1-15-11-17(9-10-32(15)24(34)37-25(2,3)4)19-14-23-30-18(13-22(26(27,28)29)33(23)31-19)16-7-8-20(35-5)21(12-16)36-6;1-19(2)20(3,4)32-22(31-19)17-11-18-26-13(10-16(21(23,24)25)28(18)27-17)12-7-8-14(29-5)15(9-12)30-6;1-8-7-9(21-22(18,19)12(13,14)15)5-6-16(8)10(17)20-11(2,3)4/h7-8,11-15H,9-10H2,1-6H3;7-11H,1-6H3;5,8H,6-7H2,1-4H3. The number of carbonyl (C=O) groups is 2. The number of fused-ring (bicyclic) bond motifs is 2. The molecule has 3 aliphatic rings. The molecule has 3 aliphatic heterocycles. The van der Waals surface area contributed by atoms with Crippen molar-refractivity contribution in [2.75, 3.05) is 41.5 Å². The molecule has 0 N–H and O–H groups in total. The number of hydrogen-bond donors (Lipinski definition) is 0. The third kappa shape index (κ3) is 16.4. The number of nitrogens with zero attached hydrogens (tertiary/aromatic N) is 8. The number of rotatable bonds is 10. The zero-order valence-corrected chi connectivity index (χ0v) is 53.5. The summed E-state index contributed by atoms with van der Waals surface area (Å²) >= 11 is 0. The SMILES string of the molecule is CC1CC(OS(=O)(=O)C(F)(F)F)=CCN1C(=O)OC(C)(C)C.COc1ccc(-c2cc(C(F)(F)F)n3nc(B4OC(C)(C)C(C)(C)O4)cc3n2)cc1OC.COc1ccc(-c2cc(C(F)(F)F)n3nc(C4=CC(C)N(C(=O)OC(C)(C)C)CC4)cc3n2)cc1OC. The lowest BCUT2D eigenvalue weighted by Gasteiger charge is -2.34. The summed E-state index contributed by atoms with van der Waals surface area (Å²) in [5.74, 6) is 1.33. The van der Waals surface area contributed by atoms with Gasteiger partial charge in [-0.15, -0.1) is 0 Å². The van der Waals surface area contributed by atoms with Gasteiger partial charge in [0.25, 0.3) is 0 Å². The van der Waals surface area contributed by atoms with Crippen LogP contribution < -0.4 is 24.5 Å². The van der Waals surface area contributed by atoms with Gasteiger partial charge in [0, 0.05) is 48.8 Å². The van der Waals surface area contributed by atoms with E-state index in [2.05, 4.69) is 24.3 Å². The highest BCUT2D eigenvalue weighted by Crippen LogP contribution is 2.40. The van der Waals surface area contributed by atoms with Gasteiger partial charge in [-0.1, -0.05) is 6.08 Å². The van der Waals surface area contributed by atoms with Crippen LogP contribution in [0.2, 0.25) is 0 Å². The number of amides is 2. The molecule has 4 aromatic heterocycles. The predicted octanol–water partition coefficient (Wildman–Crippen LogP) is 12.3. The van der Waals surface area contributed by atoms with E-state index in [9.17, 15) is 57.5 Å². The van der Waals surface area contributed by atoms with Gasteiger partial charge in [0.15, 0.2) is 45.7 Å². The number of aromatic nitrogens is 6. The summed E-state index contributed by atoms with van der Waals surface area (Å²) in [6.45, 7) is 21.5. The lowest BCUT2D eigenvalue weighted by Crippen LogP contribution is -2.44. The van der Waals surface area contributed by atoms with Gasteiger partial charge >= 0.3 is 47.3 Å². The summed E-state index contributed by atoms with van der Waals surface area (Å²) in [5, 5.41) is 8.38. The number of hydrogen-bond acceptors (Lipinski definition) is 17. The van der Waals surface area contributed by atoms with Crippen molar-refractivity contribution in [1.82, 2.24) is 39.0 Å². The highest BCUT2D eigenvalue weighted by atomic mass is 32.2. The van der Waals surface area contributed by atoms with Crippen LogP contribution >= 0.6 is 0 Å². The maximum Gasteiger partial charge on any atom is 0.534 e. The minimum atomic E-state index is -5.69. The van der Waals surface area contributed by atoms with Crippen LogP contribution in [0.1, 0.15) is 113 Å². The molecule has 0 bridgehead atoms. The summed E-state index contributed by atoms with van der Waals surface area (Å²) in [6.07, 6.45) is -7.21. The van der Waals surface area contributed by atoms with Gasteiger partial charge in [0.05, 0.1) is 68.4 Å². The smallest absolute Gasteiger partial charge is 0.493 e. The summed E-state index contributed by atoms with van der Waals surface area (Å²) in [5.41, 5.74) is -7.54. The van der Waals surface area contributed by atoms with E-state index in [1.807, 2.05) is 40.7 Å². The van der Waals surface area contributed by atoms with E-state index in [1.54, 1.807) is 89.8 Å². The molecule has 9 rings (SSSR count). The average Bonchev–Trinajstić information content (AvgIpc) is 1.76. The molecule has 496 valence electrons. The van der Waals surface area contributed by atoms with Crippen molar-refractivity contribution in [2.45, 2.75) is 148 Å². The number of carbonyl (C=O) groups excluding carboxylic acids is 2. The molecule has 0 radical (unpaired) electrons. The molecule has 21 nitrogen and oxygen atoms in total. The fraction of sp³-hybridized carbons (Fsp3) is 0.492. The van der Waals surface area contributed by atoms with Crippen LogP contribution in [-0.4, -0.2) is 148 Å². The molecule has 2 aromatic carbocycles. The summed E-state index contributed by atoms with van der Waals surface area (Å²) < 4.78 is 192. The highest BCUT2D eigenvalue weighted by molar-refractivity contribution is 7.87. The van der Waals surface area contributed by atoms with Gasteiger partial charge in [0.2, 0.25) is 0 Å². The molecule has 0 spiro atoms. The molecule has 0 saturated carbocycles.